The lowest BCUT2D eigenvalue weighted by Crippen LogP contribution is -2.33. The van der Waals surface area contributed by atoms with E-state index in [2.05, 4.69) is 51.3 Å². The van der Waals surface area contributed by atoms with Crippen molar-refractivity contribution >= 4 is 28.1 Å². The van der Waals surface area contributed by atoms with E-state index in [9.17, 15) is 10.1 Å². The Morgan fingerprint density at radius 2 is 1.63 bits per heavy atom. The summed E-state index contributed by atoms with van der Waals surface area (Å²) in [5.41, 5.74) is 4.39. The van der Waals surface area contributed by atoms with Gasteiger partial charge in [0.15, 0.2) is 5.52 Å². The van der Waals surface area contributed by atoms with Crippen molar-refractivity contribution in [2.24, 2.45) is 5.92 Å². The Balaban J connectivity index is 1.59. The minimum atomic E-state index is -0.352. The van der Waals surface area contributed by atoms with Crippen molar-refractivity contribution in [2.75, 3.05) is 29.4 Å². The van der Waals surface area contributed by atoms with E-state index in [0.29, 0.717) is 23.7 Å². The van der Waals surface area contributed by atoms with Crippen LogP contribution < -0.4 is 9.80 Å². The van der Waals surface area contributed by atoms with Crippen LogP contribution in [0.15, 0.2) is 71.4 Å². The Bertz CT molecular complexity index is 1280. The van der Waals surface area contributed by atoms with E-state index in [0.717, 1.165) is 50.1 Å². The maximum Gasteiger partial charge on any atom is 0.323 e. The monoisotopic (exact) mass is 471 g/mol. The lowest BCUT2D eigenvalue weighted by atomic mass is 9.98. The van der Waals surface area contributed by atoms with E-state index in [1.807, 2.05) is 42.5 Å². The third-order valence-electron chi connectivity index (χ3n) is 6.85. The van der Waals surface area contributed by atoms with Gasteiger partial charge < -0.3 is 9.80 Å². The third-order valence-corrected chi connectivity index (χ3v) is 6.85. The van der Waals surface area contributed by atoms with Gasteiger partial charge in [0.1, 0.15) is 5.69 Å². The molecule has 3 aromatic carbocycles. The molecule has 0 aliphatic carbocycles. The number of aromatic nitrogens is 2. The molecule has 180 valence electrons. The largest absolute Gasteiger partial charge is 0.366 e. The fourth-order valence-corrected chi connectivity index (χ4v) is 4.81. The van der Waals surface area contributed by atoms with Crippen molar-refractivity contribution in [3.05, 3.63) is 88.0 Å². The number of rotatable bonds is 8. The minimum absolute atomic E-state index is 0.0257. The number of anilines is 2. The van der Waals surface area contributed by atoms with Gasteiger partial charge in [-0.3, -0.25) is 10.1 Å². The molecule has 8 heteroatoms. The highest BCUT2D eigenvalue weighted by Crippen LogP contribution is 2.42. The van der Waals surface area contributed by atoms with Gasteiger partial charge in [0, 0.05) is 26.2 Å². The molecule has 1 aromatic heterocycles. The Morgan fingerprint density at radius 1 is 1.00 bits per heavy atom. The number of benzene rings is 3. The molecule has 5 rings (SSSR count). The van der Waals surface area contributed by atoms with Crippen molar-refractivity contribution in [3.8, 4) is 0 Å². The molecule has 0 radical (unpaired) electrons. The Morgan fingerprint density at radius 3 is 2.29 bits per heavy atom. The average Bonchev–Trinajstić information content (AvgIpc) is 3.37. The highest BCUT2D eigenvalue weighted by molar-refractivity contribution is 6.00. The molecule has 1 fully saturated rings. The molecule has 0 spiro atoms. The first kappa shape index (κ1) is 22.8. The van der Waals surface area contributed by atoms with E-state index < -0.39 is 0 Å². The molecule has 0 unspecified atom stereocenters. The first-order valence-corrected chi connectivity index (χ1v) is 12.1. The third kappa shape index (κ3) is 4.96. The van der Waals surface area contributed by atoms with Crippen LogP contribution in [-0.2, 0) is 13.0 Å². The SMILES string of the molecule is CC1CCN(c2cc(N(CCc3ccccc3)Cc3ccccc3)c3nonc3c2[N+](=O)[O-])CC1. The number of nitro groups is 1. The second-order valence-electron chi connectivity index (χ2n) is 9.29. The van der Waals surface area contributed by atoms with Crippen LogP contribution in [0.3, 0.4) is 0 Å². The van der Waals surface area contributed by atoms with Crippen molar-refractivity contribution in [3.63, 3.8) is 0 Å². The summed E-state index contributed by atoms with van der Waals surface area (Å²) in [5, 5.41) is 20.3. The zero-order chi connectivity index (χ0) is 24.2. The van der Waals surface area contributed by atoms with Gasteiger partial charge in [-0.25, -0.2) is 4.63 Å². The molecule has 0 atom stereocenters. The number of fused-ring (bicyclic) bond motifs is 1. The molecule has 1 aliphatic rings. The van der Waals surface area contributed by atoms with Gasteiger partial charge in [0.05, 0.1) is 10.6 Å². The van der Waals surface area contributed by atoms with Crippen LogP contribution in [-0.4, -0.2) is 34.9 Å². The van der Waals surface area contributed by atoms with Gasteiger partial charge in [-0.05, 0) is 52.7 Å². The van der Waals surface area contributed by atoms with E-state index >= 15 is 0 Å². The topological polar surface area (TPSA) is 88.5 Å². The Hall–Kier alpha value is -3.94. The summed E-state index contributed by atoms with van der Waals surface area (Å²) >= 11 is 0. The zero-order valence-corrected chi connectivity index (χ0v) is 19.8. The fourth-order valence-electron chi connectivity index (χ4n) is 4.81. The number of nitro benzene ring substituents is 1. The summed E-state index contributed by atoms with van der Waals surface area (Å²) in [7, 11) is 0. The van der Waals surface area contributed by atoms with Crippen LogP contribution in [0.2, 0.25) is 0 Å². The molecule has 35 heavy (non-hydrogen) atoms. The summed E-state index contributed by atoms with van der Waals surface area (Å²) in [5.74, 6) is 0.614. The summed E-state index contributed by atoms with van der Waals surface area (Å²) in [4.78, 5) is 16.2. The van der Waals surface area contributed by atoms with Gasteiger partial charge in [0.25, 0.3) is 0 Å². The number of hydrogen-bond donors (Lipinski definition) is 0. The van der Waals surface area contributed by atoms with Crippen molar-refractivity contribution < 1.29 is 9.55 Å². The smallest absolute Gasteiger partial charge is 0.323 e. The van der Waals surface area contributed by atoms with Crippen LogP contribution in [0.1, 0.15) is 30.9 Å². The average molecular weight is 472 g/mol. The predicted molar refractivity (Wildman–Crippen MR) is 137 cm³/mol. The maximum atomic E-state index is 12.2. The standard InChI is InChI=1S/C27H29N5O3/c1-20-12-15-30(16-13-20)24-18-23(25-26(29-35-28-25)27(24)32(33)34)31(19-22-10-6-3-7-11-22)17-14-21-8-4-2-5-9-21/h2-11,18,20H,12-17,19H2,1H3. The van der Waals surface area contributed by atoms with Crippen LogP contribution in [0.4, 0.5) is 17.1 Å². The van der Waals surface area contributed by atoms with Crippen LogP contribution in [0, 0.1) is 16.0 Å². The molecular formula is C27H29N5O3. The van der Waals surface area contributed by atoms with Crippen molar-refractivity contribution in [1.82, 2.24) is 10.3 Å². The Kier molecular flexibility index (Phi) is 6.61. The summed E-state index contributed by atoms with van der Waals surface area (Å²) in [6.45, 7) is 5.15. The second kappa shape index (κ2) is 10.1. The molecular weight excluding hydrogens is 442 g/mol. The summed E-state index contributed by atoms with van der Waals surface area (Å²) in [6, 6.07) is 22.5. The number of piperidine rings is 1. The predicted octanol–water partition coefficient (Wildman–Crippen LogP) is 5.62. The summed E-state index contributed by atoms with van der Waals surface area (Å²) < 4.78 is 5.07. The molecule has 0 amide bonds. The van der Waals surface area contributed by atoms with Crippen LogP contribution >= 0.6 is 0 Å². The molecule has 2 heterocycles. The van der Waals surface area contributed by atoms with Gasteiger partial charge in [-0.2, -0.15) is 0 Å². The van der Waals surface area contributed by atoms with Crippen molar-refractivity contribution in [1.29, 1.82) is 0 Å². The van der Waals surface area contributed by atoms with E-state index in [-0.39, 0.29) is 16.1 Å². The van der Waals surface area contributed by atoms with Gasteiger partial charge in [-0.15, -0.1) is 0 Å². The molecule has 8 nitrogen and oxygen atoms in total. The van der Waals surface area contributed by atoms with Gasteiger partial charge in [-0.1, -0.05) is 67.6 Å². The van der Waals surface area contributed by atoms with E-state index in [4.69, 9.17) is 4.63 Å². The molecule has 1 aliphatic heterocycles. The minimum Gasteiger partial charge on any atom is -0.366 e. The van der Waals surface area contributed by atoms with Crippen LogP contribution in [0.5, 0.6) is 0 Å². The molecule has 0 N–H and O–H groups in total. The zero-order valence-electron chi connectivity index (χ0n) is 19.8. The normalized spacial score (nSPS) is 14.4. The van der Waals surface area contributed by atoms with E-state index in [1.54, 1.807) is 0 Å². The van der Waals surface area contributed by atoms with E-state index in [1.165, 1.54) is 5.56 Å². The highest BCUT2D eigenvalue weighted by atomic mass is 16.6. The van der Waals surface area contributed by atoms with Gasteiger partial charge in [0.2, 0.25) is 5.52 Å². The first-order valence-electron chi connectivity index (χ1n) is 12.1. The number of hydrogen-bond acceptors (Lipinski definition) is 7. The molecule has 0 saturated carbocycles. The second-order valence-corrected chi connectivity index (χ2v) is 9.29. The lowest BCUT2D eigenvalue weighted by Gasteiger charge is -2.33. The highest BCUT2D eigenvalue weighted by Gasteiger charge is 2.31. The number of nitrogens with zero attached hydrogens (tertiary/aromatic N) is 5. The summed E-state index contributed by atoms with van der Waals surface area (Å²) in [6.07, 6.45) is 2.83. The quantitative estimate of drug-likeness (QED) is 0.243. The van der Waals surface area contributed by atoms with Crippen molar-refractivity contribution in [2.45, 2.75) is 32.7 Å². The lowest BCUT2D eigenvalue weighted by molar-refractivity contribution is -0.382. The van der Waals surface area contributed by atoms with Crippen LogP contribution in [0.25, 0.3) is 11.0 Å². The fraction of sp³-hybridized carbons (Fsp3) is 0.333. The molecule has 0 bridgehead atoms. The maximum absolute atomic E-state index is 12.2. The molecule has 4 aromatic rings. The van der Waals surface area contributed by atoms with Gasteiger partial charge >= 0.3 is 5.69 Å². The molecule has 1 saturated heterocycles. The first-order chi connectivity index (χ1) is 17.1. The Labute approximate surface area is 204 Å².